The first-order valence-corrected chi connectivity index (χ1v) is 6.42. The van der Waals surface area contributed by atoms with Gasteiger partial charge in [0.1, 0.15) is 5.82 Å². The van der Waals surface area contributed by atoms with Gasteiger partial charge >= 0.3 is 0 Å². The Bertz CT molecular complexity index is 514. The van der Waals surface area contributed by atoms with E-state index >= 15 is 0 Å². The molecular formula is C13H16ClN3. The molecule has 1 aliphatic rings. The minimum atomic E-state index is 0.741. The van der Waals surface area contributed by atoms with Crippen LogP contribution in [0.3, 0.4) is 0 Å². The lowest BCUT2D eigenvalue weighted by Crippen LogP contribution is -2.17. The Labute approximate surface area is 106 Å². The van der Waals surface area contributed by atoms with Crippen LogP contribution in [0.4, 0.5) is 5.82 Å². The van der Waals surface area contributed by atoms with Crippen LogP contribution in [-0.4, -0.2) is 24.6 Å². The molecule has 3 N–H and O–H groups in total. The largest absolute Gasteiger partial charge is 0.371 e. The Hall–Kier alpha value is -1.19. The summed E-state index contributed by atoms with van der Waals surface area (Å²) in [6.07, 6.45) is 1.26. The quantitative estimate of drug-likeness (QED) is 0.783. The molecule has 3 nitrogen and oxygen atoms in total. The third-order valence-electron chi connectivity index (χ3n) is 3.33. The molecule has 0 amide bonds. The number of hydrogen-bond acceptors (Lipinski definition) is 2. The van der Waals surface area contributed by atoms with E-state index in [4.69, 9.17) is 11.6 Å². The van der Waals surface area contributed by atoms with Crippen molar-refractivity contribution in [1.82, 2.24) is 10.3 Å². The van der Waals surface area contributed by atoms with Crippen molar-refractivity contribution in [2.45, 2.75) is 6.42 Å². The third-order valence-corrected chi connectivity index (χ3v) is 3.56. The van der Waals surface area contributed by atoms with Crippen LogP contribution < -0.4 is 10.6 Å². The summed E-state index contributed by atoms with van der Waals surface area (Å²) in [5.41, 5.74) is 1.09. The molecule has 3 rings (SSSR count). The zero-order valence-electron chi connectivity index (χ0n) is 9.59. The summed E-state index contributed by atoms with van der Waals surface area (Å²) >= 11 is 5.96. The van der Waals surface area contributed by atoms with Crippen molar-refractivity contribution in [2.75, 3.05) is 25.0 Å². The minimum absolute atomic E-state index is 0.741. The number of hydrogen-bond donors (Lipinski definition) is 3. The Balaban J connectivity index is 1.72. The number of aromatic nitrogens is 1. The van der Waals surface area contributed by atoms with Gasteiger partial charge in [-0.1, -0.05) is 17.7 Å². The van der Waals surface area contributed by atoms with Gasteiger partial charge in [0.2, 0.25) is 0 Å². The molecule has 17 heavy (non-hydrogen) atoms. The highest BCUT2D eigenvalue weighted by atomic mass is 35.5. The lowest BCUT2D eigenvalue weighted by Gasteiger charge is -2.09. The van der Waals surface area contributed by atoms with Crippen LogP contribution in [0, 0.1) is 5.92 Å². The Morgan fingerprint density at radius 3 is 3.12 bits per heavy atom. The third kappa shape index (κ3) is 2.40. The fourth-order valence-electron chi connectivity index (χ4n) is 2.34. The molecule has 2 aromatic rings. The van der Waals surface area contributed by atoms with Gasteiger partial charge in [0.05, 0.1) is 0 Å². The second kappa shape index (κ2) is 4.59. The molecule has 0 bridgehead atoms. The monoisotopic (exact) mass is 249 g/mol. The van der Waals surface area contributed by atoms with Crippen molar-refractivity contribution in [3.05, 3.63) is 29.3 Å². The highest BCUT2D eigenvalue weighted by molar-refractivity contribution is 6.31. The van der Waals surface area contributed by atoms with E-state index in [1.807, 2.05) is 18.2 Å². The Kier molecular flexibility index (Phi) is 2.95. The van der Waals surface area contributed by atoms with Gasteiger partial charge in [-0.05, 0) is 43.6 Å². The summed E-state index contributed by atoms with van der Waals surface area (Å²) in [4.78, 5) is 3.34. The number of nitrogens with one attached hydrogen (secondary N) is 3. The number of fused-ring (bicyclic) bond motifs is 1. The van der Waals surface area contributed by atoms with E-state index in [2.05, 4.69) is 21.7 Å². The topological polar surface area (TPSA) is 39.8 Å². The molecule has 1 aliphatic heterocycles. The fraction of sp³-hybridized carbons (Fsp3) is 0.385. The van der Waals surface area contributed by atoms with Gasteiger partial charge in [0, 0.05) is 22.5 Å². The maximum atomic E-state index is 5.96. The number of anilines is 1. The van der Waals surface area contributed by atoms with Gasteiger partial charge < -0.3 is 15.6 Å². The first-order chi connectivity index (χ1) is 8.31. The standard InChI is InChI=1S/C13H16ClN3/c14-11-2-1-10-5-13(17-12(10)6-11)16-8-9-3-4-15-7-9/h1-2,5-6,9,15-17H,3-4,7-8H2. The molecule has 1 fully saturated rings. The first kappa shape index (κ1) is 10.9. The Morgan fingerprint density at radius 1 is 1.35 bits per heavy atom. The van der Waals surface area contributed by atoms with Crippen LogP contribution in [0.2, 0.25) is 5.02 Å². The van der Waals surface area contributed by atoms with Gasteiger partial charge in [0.15, 0.2) is 0 Å². The number of rotatable bonds is 3. The highest BCUT2D eigenvalue weighted by Gasteiger charge is 2.14. The zero-order valence-corrected chi connectivity index (χ0v) is 10.3. The van der Waals surface area contributed by atoms with Crippen LogP contribution in [0.15, 0.2) is 24.3 Å². The maximum absolute atomic E-state index is 5.96. The van der Waals surface area contributed by atoms with Crippen molar-refractivity contribution in [3.63, 3.8) is 0 Å². The molecule has 2 heterocycles. The number of aromatic amines is 1. The van der Waals surface area contributed by atoms with Gasteiger partial charge in [-0.15, -0.1) is 0 Å². The lowest BCUT2D eigenvalue weighted by molar-refractivity contribution is 0.614. The van der Waals surface area contributed by atoms with Gasteiger partial charge in [-0.25, -0.2) is 0 Å². The predicted molar refractivity (Wildman–Crippen MR) is 72.8 cm³/mol. The van der Waals surface area contributed by atoms with E-state index in [9.17, 15) is 0 Å². The fourth-order valence-corrected chi connectivity index (χ4v) is 2.51. The number of benzene rings is 1. The first-order valence-electron chi connectivity index (χ1n) is 6.04. The van der Waals surface area contributed by atoms with Crippen molar-refractivity contribution < 1.29 is 0 Å². The predicted octanol–water partition coefficient (Wildman–Crippen LogP) is 2.84. The Morgan fingerprint density at radius 2 is 2.29 bits per heavy atom. The second-order valence-electron chi connectivity index (χ2n) is 4.65. The van der Waals surface area contributed by atoms with Crippen LogP contribution in [-0.2, 0) is 0 Å². The van der Waals surface area contributed by atoms with Crippen LogP contribution in [0.25, 0.3) is 10.9 Å². The molecule has 1 aromatic heterocycles. The van der Waals surface area contributed by atoms with Crippen molar-refractivity contribution in [2.24, 2.45) is 5.92 Å². The van der Waals surface area contributed by atoms with Crippen LogP contribution in [0.5, 0.6) is 0 Å². The normalized spacial score (nSPS) is 19.9. The van der Waals surface area contributed by atoms with E-state index in [1.165, 1.54) is 11.8 Å². The molecule has 1 atom stereocenters. The van der Waals surface area contributed by atoms with Crippen LogP contribution >= 0.6 is 11.6 Å². The number of H-pyrrole nitrogens is 1. The maximum Gasteiger partial charge on any atom is 0.104 e. The van der Waals surface area contributed by atoms with E-state index in [-0.39, 0.29) is 0 Å². The SMILES string of the molecule is Clc1ccc2cc(NCC3CCNC3)[nH]c2c1. The lowest BCUT2D eigenvalue weighted by atomic mass is 10.1. The van der Waals surface area contributed by atoms with Crippen LogP contribution in [0.1, 0.15) is 6.42 Å². The molecule has 0 spiro atoms. The van der Waals surface area contributed by atoms with Crippen molar-refractivity contribution >= 4 is 28.3 Å². The number of halogens is 1. The summed E-state index contributed by atoms with van der Waals surface area (Å²) in [7, 11) is 0. The van der Waals surface area contributed by atoms with E-state index < -0.39 is 0 Å². The summed E-state index contributed by atoms with van der Waals surface area (Å²) in [5, 5.41) is 8.80. The summed E-state index contributed by atoms with van der Waals surface area (Å²) in [6.45, 7) is 3.29. The minimum Gasteiger partial charge on any atom is -0.371 e. The second-order valence-corrected chi connectivity index (χ2v) is 5.09. The summed E-state index contributed by atoms with van der Waals surface area (Å²) < 4.78 is 0. The molecule has 4 heteroatoms. The molecule has 0 saturated carbocycles. The van der Waals surface area contributed by atoms with Gasteiger partial charge in [-0.3, -0.25) is 0 Å². The van der Waals surface area contributed by atoms with E-state index in [0.717, 1.165) is 41.9 Å². The average Bonchev–Trinajstić information content (AvgIpc) is 2.94. The molecule has 1 aromatic carbocycles. The smallest absolute Gasteiger partial charge is 0.104 e. The van der Waals surface area contributed by atoms with E-state index in [0.29, 0.717) is 0 Å². The molecule has 1 unspecified atom stereocenters. The molecule has 0 aliphatic carbocycles. The highest BCUT2D eigenvalue weighted by Crippen LogP contribution is 2.22. The van der Waals surface area contributed by atoms with E-state index in [1.54, 1.807) is 0 Å². The van der Waals surface area contributed by atoms with Gasteiger partial charge in [-0.2, -0.15) is 0 Å². The van der Waals surface area contributed by atoms with Crippen molar-refractivity contribution in [1.29, 1.82) is 0 Å². The van der Waals surface area contributed by atoms with Gasteiger partial charge in [0.25, 0.3) is 0 Å². The molecular weight excluding hydrogens is 234 g/mol. The molecule has 90 valence electrons. The summed E-state index contributed by atoms with van der Waals surface area (Å²) in [6, 6.07) is 8.05. The summed E-state index contributed by atoms with van der Waals surface area (Å²) in [5.74, 6) is 1.82. The van der Waals surface area contributed by atoms with Crippen molar-refractivity contribution in [3.8, 4) is 0 Å². The average molecular weight is 250 g/mol. The molecule has 1 saturated heterocycles. The zero-order chi connectivity index (χ0) is 11.7. The molecule has 0 radical (unpaired) electrons.